The van der Waals surface area contributed by atoms with Gasteiger partial charge in [0.1, 0.15) is 0 Å². The first-order valence-corrected chi connectivity index (χ1v) is 6.07. The molecule has 0 aromatic heterocycles. The van der Waals surface area contributed by atoms with Crippen LogP contribution >= 0.6 is 0 Å². The quantitative estimate of drug-likeness (QED) is 0.559. The maximum Gasteiger partial charge on any atom is 0.523 e. The molecule has 0 saturated heterocycles. The Morgan fingerprint density at radius 3 is 1.93 bits per heavy atom. The van der Waals surface area contributed by atoms with Crippen LogP contribution < -0.4 is 11.1 Å². The Kier molecular flexibility index (Phi) is 8.86. The zero-order valence-electron chi connectivity index (χ0n) is 8.99. The van der Waals surface area contributed by atoms with Gasteiger partial charge in [-0.05, 0) is 17.4 Å². The first-order valence-electron chi connectivity index (χ1n) is 4.27. The first-order chi connectivity index (χ1) is 6.56. The minimum absolute atomic E-state index is 0. The number of carbonyl (C=O) groups excluding carboxylic acids is 1. The monoisotopic (exact) mass is 254 g/mol. The number of hydrogen-bond donors (Lipinski definition) is 2. The lowest BCUT2D eigenvalue weighted by Gasteiger charge is -2.31. The van der Waals surface area contributed by atoms with Crippen LogP contribution in [0, 0.1) is 0 Å². The molecule has 1 unspecified atom stereocenters. The van der Waals surface area contributed by atoms with E-state index in [1.165, 1.54) is 21.3 Å². The summed E-state index contributed by atoms with van der Waals surface area (Å²) >= 11 is 0. The fraction of sp³-hybridized carbons (Fsp3) is 0.857. The van der Waals surface area contributed by atoms with Crippen LogP contribution in [0.3, 0.4) is 0 Å². The summed E-state index contributed by atoms with van der Waals surface area (Å²) in [6, 6.07) is -0.611. The summed E-state index contributed by atoms with van der Waals surface area (Å²) in [4.78, 5) is 10.7. The molecular weight excluding hydrogens is 232 g/mol. The van der Waals surface area contributed by atoms with Crippen molar-refractivity contribution in [1.29, 1.82) is 0 Å². The highest BCUT2D eigenvalue weighted by atomic mass is 28.4. The fourth-order valence-electron chi connectivity index (χ4n) is 1.29. The average Bonchev–Trinajstić information content (AvgIpc) is 2.19. The van der Waals surface area contributed by atoms with Crippen molar-refractivity contribution in [2.75, 3.05) is 21.3 Å². The lowest BCUT2D eigenvalue weighted by atomic mass is 10.5. The minimum atomic E-state index is -2.82. The number of nitrogens with one attached hydrogen (secondary N) is 1. The Balaban J connectivity index is 0. The summed E-state index contributed by atoms with van der Waals surface area (Å²) < 4.78 is 15.6. The number of primary amides is 1. The molecule has 2 amide bonds. The van der Waals surface area contributed by atoms with Crippen molar-refractivity contribution in [2.24, 2.45) is 5.73 Å². The molecule has 15 heavy (non-hydrogen) atoms. The molecule has 0 aliphatic carbocycles. The zero-order chi connectivity index (χ0) is 11.2. The Morgan fingerprint density at radius 1 is 1.33 bits per heavy atom. The van der Waals surface area contributed by atoms with Crippen molar-refractivity contribution < 1.29 is 18.1 Å². The standard InChI is InChI=1S/C7H18N2O4Si.H4Si/c1-5-6(9-7(8)10)14(11-2,12-3)13-4;/h6H,5H2,1-4H3,(H3,8,9,10);1H4. The molecule has 0 bridgehead atoms. The summed E-state index contributed by atoms with van der Waals surface area (Å²) in [6.45, 7) is 1.89. The van der Waals surface area contributed by atoms with Gasteiger partial charge in [-0.3, -0.25) is 0 Å². The molecule has 0 saturated carbocycles. The highest BCUT2D eigenvalue weighted by Gasteiger charge is 2.47. The molecule has 3 N–H and O–H groups in total. The summed E-state index contributed by atoms with van der Waals surface area (Å²) in [6.07, 6.45) is 0.630. The Bertz CT molecular complexity index is 182. The van der Waals surface area contributed by atoms with Gasteiger partial charge in [-0.2, -0.15) is 0 Å². The topological polar surface area (TPSA) is 82.8 Å². The van der Waals surface area contributed by atoms with E-state index in [1.54, 1.807) is 0 Å². The number of nitrogens with two attached hydrogens (primary N) is 1. The highest BCUT2D eigenvalue weighted by Crippen LogP contribution is 2.14. The maximum absolute atomic E-state index is 10.7. The molecule has 0 aliphatic heterocycles. The number of urea groups is 1. The molecule has 8 heteroatoms. The largest absolute Gasteiger partial charge is 0.523 e. The predicted molar refractivity (Wildman–Crippen MR) is 64.9 cm³/mol. The molecule has 0 aliphatic rings. The Labute approximate surface area is 95.8 Å². The minimum Gasteiger partial charge on any atom is -0.376 e. The molecular formula is C7H22N2O4Si2. The van der Waals surface area contributed by atoms with Crippen molar-refractivity contribution in [2.45, 2.75) is 19.0 Å². The van der Waals surface area contributed by atoms with Crippen molar-refractivity contribution in [1.82, 2.24) is 5.32 Å². The number of rotatable bonds is 6. The van der Waals surface area contributed by atoms with Gasteiger partial charge < -0.3 is 24.3 Å². The normalized spacial score (nSPS) is 12.8. The molecule has 0 aromatic rings. The van der Waals surface area contributed by atoms with Gasteiger partial charge in [0, 0.05) is 21.3 Å². The van der Waals surface area contributed by atoms with E-state index in [4.69, 9.17) is 19.0 Å². The summed E-state index contributed by atoms with van der Waals surface area (Å²) in [5.41, 5.74) is 4.72. The van der Waals surface area contributed by atoms with Crippen LogP contribution in [0.15, 0.2) is 0 Å². The van der Waals surface area contributed by atoms with Crippen molar-refractivity contribution in [3.05, 3.63) is 0 Å². The first kappa shape index (κ1) is 17.0. The summed E-state index contributed by atoms with van der Waals surface area (Å²) in [5.74, 6) is 0. The molecule has 0 rings (SSSR count). The number of amides is 2. The van der Waals surface area contributed by atoms with Gasteiger partial charge >= 0.3 is 14.8 Å². The molecule has 0 heterocycles. The van der Waals surface area contributed by atoms with Crippen LogP contribution in [-0.2, 0) is 13.3 Å². The molecule has 0 spiro atoms. The van der Waals surface area contributed by atoms with Gasteiger partial charge in [-0.1, -0.05) is 6.92 Å². The van der Waals surface area contributed by atoms with E-state index in [-0.39, 0.29) is 16.6 Å². The number of carbonyl (C=O) groups is 1. The third-order valence-corrected chi connectivity index (χ3v) is 5.12. The Hall–Kier alpha value is -0.416. The smallest absolute Gasteiger partial charge is 0.376 e. The molecule has 6 nitrogen and oxygen atoms in total. The number of hydrogen-bond acceptors (Lipinski definition) is 4. The molecule has 92 valence electrons. The zero-order valence-corrected chi connectivity index (χ0v) is 9.99. The van der Waals surface area contributed by atoms with Crippen LogP contribution in [0.4, 0.5) is 4.79 Å². The van der Waals surface area contributed by atoms with Crippen LogP contribution in [-0.4, -0.2) is 52.8 Å². The summed E-state index contributed by atoms with van der Waals surface area (Å²) in [7, 11) is 1.65. The van der Waals surface area contributed by atoms with E-state index >= 15 is 0 Å². The lowest BCUT2D eigenvalue weighted by Crippen LogP contribution is -2.62. The van der Waals surface area contributed by atoms with Crippen LogP contribution in [0.25, 0.3) is 0 Å². The molecule has 0 radical (unpaired) electrons. The van der Waals surface area contributed by atoms with E-state index < -0.39 is 14.8 Å². The third-order valence-electron chi connectivity index (χ3n) is 2.01. The van der Waals surface area contributed by atoms with E-state index in [0.29, 0.717) is 6.42 Å². The molecule has 0 fully saturated rings. The second-order valence-corrected chi connectivity index (χ2v) is 5.81. The van der Waals surface area contributed by atoms with Crippen LogP contribution in [0.5, 0.6) is 0 Å². The summed E-state index contributed by atoms with van der Waals surface area (Å²) in [5, 5.41) is 2.55. The SMILES string of the molecule is CCC(NC(N)=O)[Si](OC)(OC)OC.[SiH4]. The van der Waals surface area contributed by atoms with Gasteiger partial charge in [0.15, 0.2) is 0 Å². The van der Waals surface area contributed by atoms with E-state index in [0.717, 1.165) is 0 Å². The van der Waals surface area contributed by atoms with Crippen molar-refractivity contribution in [3.63, 3.8) is 0 Å². The predicted octanol–water partition coefficient (Wildman–Crippen LogP) is -1.60. The van der Waals surface area contributed by atoms with Gasteiger partial charge in [0.2, 0.25) is 0 Å². The average molecular weight is 254 g/mol. The van der Waals surface area contributed by atoms with Crippen molar-refractivity contribution >= 4 is 25.8 Å². The van der Waals surface area contributed by atoms with E-state index in [9.17, 15) is 4.79 Å². The highest BCUT2D eigenvalue weighted by molar-refractivity contribution is 6.62. The van der Waals surface area contributed by atoms with Gasteiger partial charge in [0.05, 0.1) is 5.67 Å². The van der Waals surface area contributed by atoms with Gasteiger partial charge in [-0.15, -0.1) is 0 Å². The van der Waals surface area contributed by atoms with Crippen molar-refractivity contribution in [3.8, 4) is 0 Å². The third kappa shape index (κ3) is 4.30. The fourth-order valence-corrected chi connectivity index (χ4v) is 3.46. The van der Waals surface area contributed by atoms with Gasteiger partial charge in [-0.25, -0.2) is 4.79 Å². The second kappa shape index (κ2) is 7.82. The maximum atomic E-state index is 10.7. The Morgan fingerprint density at radius 2 is 1.73 bits per heavy atom. The van der Waals surface area contributed by atoms with Crippen LogP contribution in [0.1, 0.15) is 13.3 Å². The van der Waals surface area contributed by atoms with Gasteiger partial charge in [0.25, 0.3) is 0 Å². The molecule has 1 atom stereocenters. The van der Waals surface area contributed by atoms with E-state index in [2.05, 4.69) is 5.32 Å². The van der Waals surface area contributed by atoms with E-state index in [1.807, 2.05) is 6.92 Å². The lowest BCUT2D eigenvalue weighted by molar-refractivity contribution is 0.107. The van der Waals surface area contributed by atoms with Crippen LogP contribution in [0.2, 0.25) is 0 Å². The molecule has 0 aromatic carbocycles. The second-order valence-electron chi connectivity index (χ2n) is 2.69.